The van der Waals surface area contributed by atoms with Gasteiger partial charge in [0, 0.05) is 18.0 Å². The van der Waals surface area contributed by atoms with Crippen molar-refractivity contribution in [2.45, 2.75) is 6.04 Å². The Bertz CT molecular complexity index is 770. The van der Waals surface area contributed by atoms with Crippen molar-refractivity contribution in [3.05, 3.63) is 84.2 Å². The molecular formula is C18H17N3O2. The van der Waals surface area contributed by atoms with Gasteiger partial charge in [0.15, 0.2) is 0 Å². The van der Waals surface area contributed by atoms with E-state index in [2.05, 4.69) is 10.4 Å². The first-order chi connectivity index (χ1) is 11.3. The normalized spacial score (nSPS) is 11.9. The summed E-state index contributed by atoms with van der Waals surface area (Å²) in [5, 5.41) is 16.6. The Morgan fingerprint density at radius 1 is 1.13 bits per heavy atom. The smallest absolute Gasteiger partial charge is 0.251 e. The molecule has 1 aromatic heterocycles. The van der Waals surface area contributed by atoms with E-state index in [-0.39, 0.29) is 12.5 Å². The van der Waals surface area contributed by atoms with Crippen molar-refractivity contribution in [1.82, 2.24) is 15.1 Å². The van der Waals surface area contributed by atoms with Crippen LogP contribution in [0.2, 0.25) is 0 Å². The molecule has 2 aromatic carbocycles. The van der Waals surface area contributed by atoms with Gasteiger partial charge < -0.3 is 10.4 Å². The lowest BCUT2D eigenvalue weighted by atomic mass is 10.1. The van der Waals surface area contributed by atoms with Crippen molar-refractivity contribution < 1.29 is 9.90 Å². The summed E-state index contributed by atoms with van der Waals surface area (Å²) in [6.45, 7) is -0.158. The minimum Gasteiger partial charge on any atom is -0.394 e. The van der Waals surface area contributed by atoms with E-state index in [0.29, 0.717) is 5.56 Å². The van der Waals surface area contributed by atoms with Crippen molar-refractivity contribution in [2.24, 2.45) is 0 Å². The highest BCUT2D eigenvalue weighted by Gasteiger charge is 2.15. The van der Waals surface area contributed by atoms with Gasteiger partial charge in [-0.15, -0.1) is 0 Å². The summed E-state index contributed by atoms with van der Waals surface area (Å²) < 4.78 is 1.69. The standard InChI is InChI=1S/C18H17N3O2/c22-13-17(14-6-2-1-3-7-14)20-18(23)15-8-4-9-16(12-15)21-11-5-10-19-21/h1-12,17,22H,13H2,(H,20,23). The topological polar surface area (TPSA) is 67.2 Å². The second kappa shape index (κ2) is 6.89. The molecule has 5 heteroatoms. The Hall–Kier alpha value is -2.92. The largest absolute Gasteiger partial charge is 0.394 e. The fraction of sp³-hybridized carbons (Fsp3) is 0.111. The lowest BCUT2D eigenvalue weighted by molar-refractivity contribution is 0.0916. The molecule has 1 atom stereocenters. The predicted molar refractivity (Wildman–Crippen MR) is 87.3 cm³/mol. The van der Waals surface area contributed by atoms with E-state index in [4.69, 9.17) is 0 Å². The van der Waals surface area contributed by atoms with Gasteiger partial charge in [-0.2, -0.15) is 5.10 Å². The molecule has 3 rings (SSSR count). The fourth-order valence-corrected chi connectivity index (χ4v) is 2.37. The van der Waals surface area contributed by atoms with Gasteiger partial charge >= 0.3 is 0 Å². The molecule has 0 aliphatic carbocycles. The van der Waals surface area contributed by atoms with E-state index in [9.17, 15) is 9.90 Å². The second-order valence-electron chi connectivity index (χ2n) is 5.12. The van der Waals surface area contributed by atoms with Crippen molar-refractivity contribution in [3.63, 3.8) is 0 Å². The number of hydrogen-bond acceptors (Lipinski definition) is 3. The van der Waals surface area contributed by atoms with Crippen LogP contribution in [0.1, 0.15) is 22.0 Å². The van der Waals surface area contributed by atoms with Crippen LogP contribution in [0.25, 0.3) is 5.69 Å². The van der Waals surface area contributed by atoms with Crippen molar-refractivity contribution >= 4 is 5.91 Å². The summed E-state index contributed by atoms with van der Waals surface area (Å²) in [4.78, 5) is 12.5. The molecule has 1 heterocycles. The van der Waals surface area contributed by atoms with Gasteiger partial charge in [-0.05, 0) is 29.8 Å². The molecule has 1 amide bonds. The lowest BCUT2D eigenvalue weighted by Gasteiger charge is -2.17. The number of aliphatic hydroxyl groups excluding tert-OH is 1. The molecule has 116 valence electrons. The van der Waals surface area contributed by atoms with E-state index in [1.165, 1.54) is 0 Å². The third kappa shape index (κ3) is 3.46. The van der Waals surface area contributed by atoms with Crippen LogP contribution >= 0.6 is 0 Å². The zero-order chi connectivity index (χ0) is 16.1. The number of benzene rings is 2. The van der Waals surface area contributed by atoms with Crippen LogP contribution in [-0.2, 0) is 0 Å². The van der Waals surface area contributed by atoms with Gasteiger partial charge in [0.1, 0.15) is 0 Å². The van der Waals surface area contributed by atoms with Crippen molar-refractivity contribution in [1.29, 1.82) is 0 Å². The van der Waals surface area contributed by atoms with Gasteiger partial charge in [-0.25, -0.2) is 4.68 Å². The van der Waals surface area contributed by atoms with Gasteiger partial charge in [-0.1, -0.05) is 36.4 Å². The molecule has 2 N–H and O–H groups in total. The average molecular weight is 307 g/mol. The molecule has 0 aliphatic heterocycles. The predicted octanol–water partition coefficient (Wildman–Crippen LogP) is 2.34. The number of carbonyl (C=O) groups is 1. The van der Waals surface area contributed by atoms with Crippen LogP contribution < -0.4 is 5.32 Å². The summed E-state index contributed by atoms with van der Waals surface area (Å²) in [5.74, 6) is -0.234. The van der Waals surface area contributed by atoms with Crippen LogP contribution in [0.5, 0.6) is 0 Å². The number of hydrogen-bond donors (Lipinski definition) is 2. The number of nitrogens with one attached hydrogen (secondary N) is 1. The second-order valence-corrected chi connectivity index (χ2v) is 5.12. The third-order valence-corrected chi connectivity index (χ3v) is 3.57. The molecule has 23 heavy (non-hydrogen) atoms. The maximum Gasteiger partial charge on any atom is 0.251 e. The number of rotatable bonds is 5. The fourth-order valence-electron chi connectivity index (χ4n) is 2.37. The summed E-state index contributed by atoms with van der Waals surface area (Å²) in [5.41, 5.74) is 2.20. The van der Waals surface area contributed by atoms with E-state index < -0.39 is 6.04 Å². The Balaban J connectivity index is 1.79. The minimum absolute atomic E-state index is 0.158. The van der Waals surface area contributed by atoms with Crippen LogP contribution in [0, 0.1) is 0 Å². The van der Waals surface area contributed by atoms with Crippen molar-refractivity contribution in [2.75, 3.05) is 6.61 Å². The Labute approximate surface area is 134 Å². The van der Waals surface area contributed by atoms with E-state index in [1.54, 1.807) is 23.0 Å². The van der Waals surface area contributed by atoms with E-state index in [1.807, 2.05) is 54.7 Å². The summed E-state index contributed by atoms with van der Waals surface area (Å²) in [6.07, 6.45) is 3.50. The number of aromatic nitrogens is 2. The van der Waals surface area contributed by atoms with Gasteiger partial charge in [0.2, 0.25) is 0 Å². The molecule has 0 saturated carbocycles. The van der Waals surface area contributed by atoms with E-state index in [0.717, 1.165) is 11.3 Å². The zero-order valence-corrected chi connectivity index (χ0v) is 12.5. The minimum atomic E-state index is -0.433. The monoisotopic (exact) mass is 307 g/mol. The molecular weight excluding hydrogens is 290 g/mol. The maximum atomic E-state index is 12.5. The highest BCUT2D eigenvalue weighted by atomic mass is 16.3. The SMILES string of the molecule is O=C(NC(CO)c1ccccc1)c1cccc(-n2cccn2)c1. The summed E-state index contributed by atoms with van der Waals surface area (Å²) in [6, 6.07) is 18.0. The molecule has 0 bridgehead atoms. The lowest BCUT2D eigenvalue weighted by Crippen LogP contribution is -2.30. The Morgan fingerprint density at radius 2 is 1.96 bits per heavy atom. The van der Waals surface area contributed by atoms with Gasteiger partial charge in [0.05, 0.1) is 18.3 Å². The quantitative estimate of drug-likeness (QED) is 0.760. The van der Waals surface area contributed by atoms with E-state index >= 15 is 0 Å². The molecule has 0 aliphatic rings. The van der Waals surface area contributed by atoms with Crippen LogP contribution in [0.15, 0.2) is 73.1 Å². The first kappa shape index (κ1) is 15.0. The maximum absolute atomic E-state index is 12.5. The molecule has 0 radical (unpaired) electrons. The molecule has 0 fully saturated rings. The van der Waals surface area contributed by atoms with Gasteiger partial charge in [-0.3, -0.25) is 4.79 Å². The third-order valence-electron chi connectivity index (χ3n) is 3.57. The highest BCUT2D eigenvalue weighted by molar-refractivity contribution is 5.95. The number of nitrogens with zero attached hydrogens (tertiary/aromatic N) is 2. The summed E-state index contributed by atoms with van der Waals surface area (Å²) in [7, 11) is 0. The summed E-state index contributed by atoms with van der Waals surface area (Å²) >= 11 is 0. The average Bonchev–Trinajstić information content (AvgIpc) is 3.15. The molecule has 5 nitrogen and oxygen atoms in total. The number of carbonyl (C=O) groups excluding carboxylic acids is 1. The molecule has 3 aromatic rings. The molecule has 0 spiro atoms. The molecule has 1 unspecified atom stereocenters. The first-order valence-corrected chi connectivity index (χ1v) is 7.34. The molecule has 0 saturated heterocycles. The zero-order valence-electron chi connectivity index (χ0n) is 12.5. The first-order valence-electron chi connectivity index (χ1n) is 7.34. The van der Waals surface area contributed by atoms with Crippen molar-refractivity contribution in [3.8, 4) is 5.69 Å². The van der Waals surface area contributed by atoms with Crippen LogP contribution in [0.3, 0.4) is 0 Å². The van der Waals surface area contributed by atoms with Crippen LogP contribution in [0.4, 0.5) is 0 Å². The number of aliphatic hydroxyl groups is 1. The van der Waals surface area contributed by atoms with Gasteiger partial charge in [0.25, 0.3) is 5.91 Å². The Kier molecular flexibility index (Phi) is 4.49. The Morgan fingerprint density at radius 3 is 2.65 bits per heavy atom. The number of amides is 1. The van der Waals surface area contributed by atoms with Crippen LogP contribution in [-0.4, -0.2) is 27.4 Å². The highest BCUT2D eigenvalue weighted by Crippen LogP contribution is 2.14.